The molecule has 0 radical (unpaired) electrons. The van der Waals surface area contributed by atoms with Crippen LogP contribution in [0.4, 0.5) is 0 Å². The maximum atomic E-state index is 11.1. The van der Waals surface area contributed by atoms with Crippen molar-refractivity contribution < 1.29 is 14.4 Å². The Balaban J connectivity index is 1.99. The summed E-state index contributed by atoms with van der Waals surface area (Å²) in [4.78, 5) is 17.3. The Hall–Kier alpha value is -1.08. The van der Waals surface area contributed by atoms with E-state index in [2.05, 4.69) is 17.1 Å². The van der Waals surface area contributed by atoms with Crippen LogP contribution < -0.4 is 0 Å². The molecule has 1 aliphatic heterocycles. The predicted octanol–water partition coefficient (Wildman–Crippen LogP) is 1.02. The molecule has 1 N–H and O–H groups in total. The summed E-state index contributed by atoms with van der Waals surface area (Å²) >= 11 is 1.67. The van der Waals surface area contributed by atoms with Crippen molar-refractivity contribution in [3.63, 3.8) is 0 Å². The number of carbonyl (C=O) groups is 1. The maximum absolute atomic E-state index is 11.1. The summed E-state index contributed by atoms with van der Waals surface area (Å²) in [6.45, 7) is 3.22. The summed E-state index contributed by atoms with van der Waals surface area (Å²) in [6, 6.07) is -0.453. The molecule has 100 valence electrons. The molecule has 0 aromatic carbocycles. The third-order valence-corrected chi connectivity index (χ3v) is 3.87. The Bertz CT molecular complexity index is 410. The first-order valence-electron chi connectivity index (χ1n) is 6.06. The van der Waals surface area contributed by atoms with Gasteiger partial charge in [-0.15, -0.1) is 0 Å². The molecular formula is C11H17N3O3S. The standard InChI is InChI=1S/C11H17N3O3S/c1-2-3-9-12-10(17-13-9)6-14-4-5-18-7-8(14)11(15)16/h8H,2-7H2,1H3,(H,15,16). The van der Waals surface area contributed by atoms with Gasteiger partial charge in [-0.3, -0.25) is 9.69 Å². The Morgan fingerprint density at radius 3 is 3.22 bits per heavy atom. The summed E-state index contributed by atoms with van der Waals surface area (Å²) in [5.74, 6) is 1.99. The molecule has 18 heavy (non-hydrogen) atoms. The first kappa shape index (κ1) is 13.4. The van der Waals surface area contributed by atoms with Gasteiger partial charge in [0.25, 0.3) is 0 Å². The average Bonchev–Trinajstić information content (AvgIpc) is 2.77. The van der Waals surface area contributed by atoms with Crippen molar-refractivity contribution in [1.82, 2.24) is 15.0 Å². The minimum Gasteiger partial charge on any atom is -0.480 e. The molecule has 1 fully saturated rings. The number of rotatable bonds is 5. The molecule has 7 heteroatoms. The molecule has 0 aliphatic carbocycles. The van der Waals surface area contributed by atoms with Crippen molar-refractivity contribution in [3.05, 3.63) is 11.7 Å². The Kier molecular flexibility index (Phi) is 4.60. The van der Waals surface area contributed by atoms with Crippen LogP contribution >= 0.6 is 11.8 Å². The second kappa shape index (κ2) is 6.19. The van der Waals surface area contributed by atoms with E-state index >= 15 is 0 Å². The van der Waals surface area contributed by atoms with Gasteiger partial charge in [0.05, 0.1) is 6.54 Å². The lowest BCUT2D eigenvalue weighted by Crippen LogP contribution is -2.46. The molecule has 6 nitrogen and oxygen atoms in total. The average molecular weight is 271 g/mol. The van der Waals surface area contributed by atoms with E-state index in [9.17, 15) is 4.79 Å². The SMILES string of the molecule is CCCc1noc(CN2CCSCC2C(=O)O)n1. The Morgan fingerprint density at radius 2 is 2.50 bits per heavy atom. The van der Waals surface area contributed by atoms with Crippen LogP contribution in [0.3, 0.4) is 0 Å². The van der Waals surface area contributed by atoms with Crippen molar-refractivity contribution in [1.29, 1.82) is 0 Å². The monoisotopic (exact) mass is 271 g/mol. The molecule has 1 unspecified atom stereocenters. The topological polar surface area (TPSA) is 79.5 Å². The van der Waals surface area contributed by atoms with E-state index in [-0.39, 0.29) is 0 Å². The van der Waals surface area contributed by atoms with Crippen molar-refractivity contribution in [2.45, 2.75) is 32.4 Å². The van der Waals surface area contributed by atoms with Crippen LogP contribution in [-0.2, 0) is 17.8 Å². The number of thioether (sulfide) groups is 1. The molecule has 1 aromatic heterocycles. The van der Waals surface area contributed by atoms with Crippen LogP contribution in [0.1, 0.15) is 25.1 Å². The molecule has 1 saturated heterocycles. The molecule has 0 amide bonds. The third-order valence-electron chi connectivity index (χ3n) is 2.85. The van der Waals surface area contributed by atoms with E-state index in [1.165, 1.54) is 0 Å². The van der Waals surface area contributed by atoms with Crippen LogP contribution in [0.15, 0.2) is 4.52 Å². The fourth-order valence-corrected chi connectivity index (χ4v) is 3.01. The summed E-state index contributed by atoms with van der Waals surface area (Å²) in [7, 11) is 0. The fourth-order valence-electron chi connectivity index (χ4n) is 1.91. The highest BCUT2D eigenvalue weighted by atomic mass is 32.2. The first-order valence-corrected chi connectivity index (χ1v) is 7.22. The van der Waals surface area contributed by atoms with Gasteiger partial charge < -0.3 is 9.63 Å². The van der Waals surface area contributed by atoms with Gasteiger partial charge in [-0.05, 0) is 6.42 Å². The normalized spacial score (nSPS) is 21.1. The highest BCUT2D eigenvalue weighted by Gasteiger charge is 2.29. The van der Waals surface area contributed by atoms with E-state index < -0.39 is 12.0 Å². The molecule has 2 heterocycles. The number of carboxylic acids is 1. The fraction of sp³-hybridized carbons (Fsp3) is 0.727. The lowest BCUT2D eigenvalue weighted by Gasteiger charge is -2.31. The summed E-state index contributed by atoms with van der Waals surface area (Å²) in [5.41, 5.74) is 0. The van der Waals surface area contributed by atoms with E-state index in [4.69, 9.17) is 9.63 Å². The van der Waals surface area contributed by atoms with Crippen LogP contribution in [-0.4, -0.2) is 50.2 Å². The third kappa shape index (κ3) is 3.23. The smallest absolute Gasteiger partial charge is 0.321 e. The molecule has 1 aromatic rings. The lowest BCUT2D eigenvalue weighted by molar-refractivity contribution is -0.142. The molecular weight excluding hydrogens is 254 g/mol. The highest BCUT2D eigenvalue weighted by molar-refractivity contribution is 7.99. The largest absolute Gasteiger partial charge is 0.480 e. The number of aliphatic carboxylic acids is 1. The van der Waals surface area contributed by atoms with E-state index in [1.807, 2.05) is 4.90 Å². The number of aryl methyl sites for hydroxylation is 1. The van der Waals surface area contributed by atoms with Gasteiger partial charge in [0.2, 0.25) is 5.89 Å². The molecule has 1 atom stereocenters. The van der Waals surface area contributed by atoms with Crippen molar-refractivity contribution >= 4 is 17.7 Å². The molecule has 0 saturated carbocycles. The lowest BCUT2D eigenvalue weighted by atomic mass is 10.2. The zero-order valence-electron chi connectivity index (χ0n) is 10.3. The second-order valence-electron chi connectivity index (χ2n) is 4.25. The molecule has 0 bridgehead atoms. The van der Waals surface area contributed by atoms with Crippen LogP contribution in [0, 0.1) is 0 Å². The van der Waals surface area contributed by atoms with Gasteiger partial charge in [0, 0.05) is 24.5 Å². The number of aromatic nitrogens is 2. The molecule has 2 rings (SSSR count). The predicted molar refractivity (Wildman–Crippen MR) is 67.5 cm³/mol. The summed E-state index contributed by atoms with van der Waals surface area (Å²) in [5, 5.41) is 13.0. The van der Waals surface area contributed by atoms with Crippen molar-refractivity contribution in [3.8, 4) is 0 Å². The number of nitrogens with zero attached hydrogens (tertiary/aromatic N) is 3. The van der Waals surface area contributed by atoms with Gasteiger partial charge in [-0.25, -0.2) is 0 Å². The Labute approximate surface area is 110 Å². The first-order chi connectivity index (χ1) is 8.70. The summed E-state index contributed by atoms with van der Waals surface area (Å²) in [6.07, 6.45) is 1.76. The Morgan fingerprint density at radius 1 is 1.67 bits per heavy atom. The highest BCUT2D eigenvalue weighted by Crippen LogP contribution is 2.18. The van der Waals surface area contributed by atoms with Crippen LogP contribution in [0.5, 0.6) is 0 Å². The number of carboxylic acid groups (broad SMARTS) is 1. The zero-order chi connectivity index (χ0) is 13.0. The number of hydrogen-bond donors (Lipinski definition) is 1. The second-order valence-corrected chi connectivity index (χ2v) is 5.40. The van der Waals surface area contributed by atoms with Crippen molar-refractivity contribution in [2.24, 2.45) is 0 Å². The molecule has 0 spiro atoms. The van der Waals surface area contributed by atoms with E-state index in [0.29, 0.717) is 24.0 Å². The summed E-state index contributed by atoms with van der Waals surface area (Å²) < 4.78 is 5.15. The van der Waals surface area contributed by atoms with Gasteiger partial charge >= 0.3 is 5.97 Å². The van der Waals surface area contributed by atoms with Crippen molar-refractivity contribution in [2.75, 3.05) is 18.1 Å². The zero-order valence-corrected chi connectivity index (χ0v) is 11.2. The van der Waals surface area contributed by atoms with E-state index in [1.54, 1.807) is 11.8 Å². The number of hydrogen-bond acceptors (Lipinski definition) is 6. The molecule has 1 aliphatic rings. The van der Waals surface area contributed by atoms with Gasteiger partial charge in [-0.2, -0.15) is 16.7 Å². The maximum Gasteiger partial charge on any atom is 0.321 e. The van der Waals surface area contributed by atoms with Gasteiger partial charge in [-0.1, -0.05) is 12.1 Å². The van der Waals surface area contributed by atoms with Gasteiger partial charge in [0.1, 0.15) is 6.04 Å². The quantitative estimate of drug-likeness (QED) is 0.856. The van der Waals surface area contributed by atoms with Crippen LogP contribution in [0.2, 0.25) is 0 Å². The van der Waals surface area contributed by atoms with Crippen LogP contribution in [0.25, 0.3) is 0 Å². The minimum absolute atomic E-state index is 0.425. The van der Waals surface area contributed by atoms with Gasteiger partial charge in [0.15, 0.2) is 5.82 Å². The van der Waals surface area contributed by atoms with E-state index in [0.717, 1.165) is 25.1 Å². The minimum atomic E-state index is -0.782.